The summed E-state index contributed by atoms with van der Waals surface area (Å²) in [7, 11) is 0. The number of aliphatic imine (C=N–C) groups is 1. The highest BCUT2D eigenvalue weighted by molar-refractivity contribution is 8.14. The Hall–Kier alpha value is -2.73. The van der Waals surface area contributed by atoms with Crippen LogP contribution in [0.2, 0.25) is 0 Å². The Morgan fingerprint density at radius 1 is 1.07 bits per heavy atom. The quantitative estimate of drug-likeness (QED) is 0.548. The van der Waals surface area contributed by atoms with Gasteiger partial charge < -0.3 is 14.2 Å². The van der Waals surface area contributed by atoms with Crippen molar-refractivity contribution in [3.05, 3.63) is 78.4 Å². The van der Waals surface area contributed by atoms with Crippen molar-refractivity contribution in [3.8, 4) is 11.4 Å². The number of hydrogen-bond donors (Lipinski definition) is 0. The summed E-state index contributed by atoms with van der Waals surface area (Å²) in [6.07, 6.45) is 5.12. The molecule has 0 bridgehead atoms. The molecule has 1 aromatic carbocycles. The lowest BCUT2D eigenvalue weighted by Crippen LogP contribution is -2.36. The topological polar surface area (TPSA) is 42.6 Å². The van der Waals surface area contributed by atoms with Crippen LogP contribution in [0, 0.1) is 0 Å². The van der Waals surface area contributed by atoms with E-state index < -0.39 is 0 Å². The largest absolute Gasteiger partial charge is 0.494 e. The molecule has 2 aliphatic heterocycles. The Labute approximate surface area is 181 Å². The van der Waals surface area contributed by atoms with Crippen molar-refractivity contribution in [2.75, 3.05) is 12.4 Å². The van der Waals surface area contributed by atoms with E-state index in [-0.39, 0.29) is 12.1 Å². The molecular formula is C24H26N4OS. The lowest BCUT2D eigenvalue weighted by molar-refractivity contribution is 0.249. The molecule has 2 aliphatic rings. The molecule has 0 amide bonds. The average molecular weight is 419 g/mol. The average Bonchev–Trinajstić information content (AvgIpc) is 3.50. The first-order valence-corrected chi connectivity index (χ1v) is 11.6. The van der Waals surface area contributed by atoms with Crippen LogP contribution in [-0.2, 0) is 0 Å². The van der Waals surface area contributed by atoms with E-state index in [2.05, 4.69) is 64.0 Å². The minimum absolute atomic E-state index is 0.000557. The number of ether oxygens (including phenoxy) is 1. The van der Waals surface area contributed by atoms with E-state index in [1.807, 2.05) is 43.1 Å². The van der Waals surface area contributed by atoms with Crippen molar-refractivity contribution < 1.29 is 4.74 Å². The van der Waals surface area contributed by atoms with Gasteiger partial charge in [0.15, 0.2) is 5.17 Å². The van der Waals surface area contributed by atoms with Crippen molar-refractivity contribution in [2.24, 2.45) is 4.99 Å². The van der Waals surface area contributed by atoms with E-state index in [1.165, 1.54) is 5.69 Å². The summed E-state index contributed by atoms with van der Waals surface area (Å²) < 4.78 is 7.90. The third-order valence-electron chi connectivity index (χ3n) is 5.84. The zero-order chi connectivity index (χ0) is 20.5. The number of thioether (sulfide) groups is 1. The molecule has 0 spiro atoms. The fourth-order valence-corrected chi connectivity index (χ4v) is 5.75. The van der Waals surface area contributed by atoms with Crippen molar-refractivity contribution in [1.29, 1.82) is 0 Å². The number of pyridine rings is 1. The van der Waals surface area contributed by atoms with Crippen LogP contribution in [0.1, 0.15) is 43.7 Å². The second-order valence-electron chi connectivity index (χ2n) is 7.57. The van der Waals surface area contributed by atoms with Gasteiger partial charge in [0.1, 0.15) is 17.8 Å². The minimum Gasteiger partial charge on any atom is -0.494 e. The highest BCUT2D eigenvalue weighted by Gasteiger charge is 2.46. The first-order chi connectivity index (χ1) is 14.8. The van der Waals surface area contributed by atoms with Crippen LogP contribution >= 0.6 is 11.8 Å². The van der Waals surface area contributed by atoms with Gasteiger partial charge in [-0.3, -0.25) is 9.98 Å². The third-order valence-corrected chi connectivity index (χ3v) is 6.96. The summed E-state index contributed by atoms with van der Waals surface area (Å²) in [5.74, 6) is 2.00. The smallest absolute Gasteiger partial charge is 0.160 e. The predicted octanol–water partition coefficient (Wildman–Crippen LogP) is 5.25. The lowest BCUT2D eigenvalue weighted by Gasteiger charge is -2.32. The van der Waals surface area contributed by atoms with Gasteiger partial charge in [-0.15, -0.1) is 0 Å². The first-order valence-electron chi connectivity index (χ1n) is 10.6. The second-order valence-corrected chi connectivity index (χ2v) is 8.55. The molecule has 2 aromatic heterocycles. The third kappa shape index (κ3) is 3.29. The van der Waals surface area contributed by atoms with Gasteiger partial charge in [0.25, 0.3) is 0 Å². The SMILES string of the molecule is CCOc1ccc(-n2cccc2[C@@H]2[C@@H](c3ccccn3)N=C3SC[C@H](CC)N32)cc1. The van der Waals surface area contributed by atoms with Gasteiger partial charge in [0.05, 0.1) is 12.3 Å². The minimum atomic E-state index is -0.000557. The number of aromatic nitrogens is 2. The molecule has 4 heterocycles. The van der Waals surface area contributed by atoms with Crippen LogP contribution in [0.5, 0.6) is 5.75 Å². The van der Waals surface area contributed by atoms with Crippen LogP contribution < -0.4 is 4.74 Å². The van der Waals surface area contributed by atoms with E-state index in [0.29, 0.717) is 12.6 Å². The molecule has 5 nitrogen and oxygen atoms in total. The molecule has 1 saturated heterocycles. The Balaban J connectivity index is 1.57. The van der Waals surface area contributed by atoms with E-state index in [0.717, 1.165) is 34.5 Å². The van der Waals surface area contributed by atoms with Crippen molar-refractivity contribution in [1.82, 2.24) is 14.5 Å². The molecule has 0 N–H and O–H groups in total. The van der Waals surface area contributed by atoms with Gasteiger partial charge in [-0.2, -0.15) is 0 Å². The maximum absolute atomic E-state index is 5.62. The fourth-order valence-electron chi connectivity index (χ4n) is 4.41. The van der Waals surface area contributed by atoms with Crippen molar-refractivity contribution in [2.45, 2.75) is 38.4 Å². The van der Waals surface area contributed by atoms with E-state index in [1.54, 1.807) is 0 Å². The molecule has 0 aliphatic carbocycles. The van der Waals surface area contributed by atoms with Gasteiger partial charge in [-0.1, -0.05) is 24.8 Å². The van der Waals surface area contributed by atoms with Gasteiger partial charge in [0, 0.05) is 35.6 Å². The summed E-state index contributed by atoms with van der Waals surface area (Å²) in [6.45, 7) is 4.95. The molecular weight excluding hydrogens is 392 g/mol. The highest BCUT2D eigenvalue weighted by atomic mass is 32.2. The Bertz CT molecular complexity index is 1030. The van der Waals surface area contributed by atoms with Crippen molar-refractivity contribution in [3.63, 3.8) is 0 Å². The molecule has 3 aromatic rings. The zero-order valence-corrected chi connectivity index (χ0v) is 18.1. The van der Waals surface area contributed by atoms with Crippen LogP contribution in [0.15, 0.2) is 72.0 Å². The standard InChI is InChI=1S/C24H26N4OS/c1-3-17-16-30-24-26-22(20-8-5-6-14-25-20)23(28(17)24)21-9-7-15-27(21)18-10-12-19(13-11-18)29-4-2/h5-15,17,22-23H,3-4,16H2,1-2H3/t17-,22+,23+/m0/s1. The summed E-state index contributed by atoms with van der Waals surface area (Å²) in [6, 6.07) is 19.4. The van der Waals surface area contributed by atoms with Crippen LogP contribution in [0.4, 0.5) is 0 Å². The van der Waals surface area contributed by atoms with Crippen molar-refractivity contribution >= 4 is 16.9 Å². The Morgan fingerprint density at radius 2 is 1.93 bits per heavy atom. The van der Waals surface area contributed by atoms with Crippen LogP contribution in [0.25, 0.3) is 5.69 Å². The number of nitrogens with zero attached hydrogens (tertiary/aromatic N) is 4. The summed E-state index contributed by atoms with van der Waals surface area (Å²) in [4.78, 5) is 12.3. The number of benzene rings is 1. The maximum atomic E-state index is 5.62. The Morgan fingerprint density at radius 3 is 2.67 bits per heavy atom. The lowest BCUT2D eigenvalue weighted by atomic mass is 9.99. The Kier molecular flexibility index (Phi) is 5.25. The van der Waals surface area contributed by atoms with Gasteiger partial charge in [-0.05, 0) is 61.9 Å². The molecule has 6 heteroatoms. The van der Waals surface area contributed by atoms with Gasteiger partial charge >= 0.3 is 0 Å². The number of fused-ring (bicyclic) bond motifs is 1. The molecule has 0 radical (unpaired) electrons. The monoisotopic (exact) mass is 418 g/mol. The van der Waals surface area contributed by atoms with Gasteiger partial charge in [0.2, 0.25) is 0 Å². The maximum Gasteiger partial charge on any atom is 0.160 e. The number of hydrogen-bond acceptors (Lipinski definition) is 5. The number of amidine groups is 1. The fraction of sp³-hybridized carbons (Fsp3) is 0.333. The van der Waals surface area contributed by atoms with Crippen LogP contribution in [-0.4, -0.2) is 38.0 Å². The highest BCUT2D eigenvalue weighted by Crippen LogP contribution is 2.48. The van der Waals surface area contributed by atoms with E-state index >= 15 is 0 Å². The molecule has 5 rings (SSSR count). The van der Waals surface area contributed by atoms with Crippen LogP contribution in [0.3, 0.4) is 0 Å². The van der Waals surface area contributed by atoms with E-state index in [9.17, 15) is 0 Å². The summed E-state index contributed by atoms with van der Waals surface area (Å²) in [5.41, 5.74) is 3.40. The molecule has 1 fully saturated rings. The summed E-state index contributed by atoms with van der Waals surface area (Å²) >= 11 is 1.88. The molecule has 0 unspecified atom stereocenters. The summed E-state index contributed by atoms with van der Waals surface area (Å²) in [5, 5.41) is 1.15. The van der Waals surface area contributed by atoms with Gasteiger partial charge in [-0.25, -0.2) is 0 Å². The van der Waals surface area contributed by atoms with E-state index in [4.69, 9.17) is 9.73 Å². The number of rotatable bonds is 6. The second kappa shape index (κ2) is 8.19. The molecule has 3 atom stereocenters. The predicted molar refractivity (Wildman–Crippen MR) is 122 cm³/mol. The zero-order valence-electron chi connectivity index (χ0n) is 17.3. The first kappa shape index (κ1) is 19.2. The normalized spacial score (nSPS) is 22.8. The molecule has 154 valence electrons. The molecule has 0 saturated carbocycles. The molecule has 30 heavy (non-hydrogen) atoms.